The van der Waals surface area contributed by atoms with E-state index in [-0.39, 0.29) is 0 Å². The summed E-state index contributed by atoms with van der Waals surface area (Å²) in [7, 11) is 0. The van der Waals surface area contributed by atoms with Gasteiger partial charge in [-0.05, 0) is 26.3 Å². The third kappa shape index (κ3) is 7.31. The molecule has 0 aromatic carbocycles. The molecule has 0 heterocycles. The van der Waals surface area contributed by atoms with Crippen molar-refractivity contribution in [1.29, 1.82) is 0 Å². The van der Waals surface area contributed by atoms with Gasteiger partial charge in [0.25, 0.3) is 0 Å². The van der Waals surface area contributed by atoms with Crippen LogP contribution in [0.4, 0.5) is 0 Å². The maximum atomic E-state index is 11.1. The van der Waals surface area contributed by atoms with Crippen LogP contribution < -0.4 is 5.32 Å². The first-order chi connectivity index (χ1) is 8.06. The molecule has 1 unspecified atom stereocenters. The molecule has 0 fully saturated rings. The Kier molecular flexibility index (Phi) is 9.03. The van der Waals surface area contributed by atoms with Crippen molar-refractivity contribution in [3.8, 4) is 0 Å². The summed E-state index contributed by atoms with van der Waals surface area (Å²) in [5, 5.41) is 12.1. The van der Waals surface area contributed by atoms with Crippen LogP contribution in [0, 0.1) is 0 Å². The zero-order valence-corrected chi connectivity index (χ0v) is 11.1. The van der Waals surface area contributed by atoms with Crippen LogP contribution in [-0.4, -0.2) is 49.6 Å². The quantitative estimate of drug-likeness (QED) is 0.538. The molecule has 0 aliphatic carbocycles. The lowest BCUT2D eigenvalue weighted by Gasteiger charge is -2.25. The molecule has 0 saturated carbocycles. The van der Waals surface area contributed by atoms with Gasteiger partial charge in [-0.1, -0.05) is 13.8 Å². The Hall–Kier alpha value is -0.650. The fraction of sp³-hybridized carbons (Fsp3) is 0.917. The number of carboxylic acids is 1. The number of likely N-dealkylation sites (N-methyl/N-ethyl adjacent to an activating group) is 1. The first-order valence-electron chi connectivity index (χ1n) is 6.20. The zero-order chi connectivity index (χ0) is 13.1. The van der Waals surface area contributed by atoms with Gasteiger partial charge in [0.05, 0.1) is 13.2 Å². The second-order valence-corrected chi connectivity index (χ2v) is 4.14. The van der Waals surface area contributed by atoms with E-state index >= 15 is 0 Å². The Morgan fingerprint density at radius 2 is 1.76 bits per heavy atom. The van der Waals surface area contributed by atoms with Crippen LogP contribution in [0.5, 0.6) is 0 Å². The molecule has 0 aromatic rings. The maximum Gasteiger partial charge on any atom is 0.323 e. The van der Waals surface area contributed by atoms with E-state index in [1.165, 1.54) is 0 Å². The third-order valence-electron chi connectivity index (χ3n) is 2.51. The monoisotopic (exact) mass is 247 g/mol. The van der Waals surface area contributed by atoms with E-state index < -0.39 is 11.5 Å². The molecule has 0 aliphatic rings. The largest absolute Gasteiger partial charge is 0.480 e. The molecule has 0 saturated heterocycles. The average Bonchev–Trinajstić information content (AvgIpc) is 2.28. The summed E-state index contributed by atoms with van der Waals surface area (Å²) in [4.78, 5) is 11.1. The van der Waals surface area contributed by atoms with E-state index in [1.54, 1.807) is 6.92 Å². The molecule has 5 heteroatoms. The highest BCUT2D eigenvalue weighted by atomic mass is 16.5. The average molecular weight is 247 g/mol. The van der Waals surface area contributed by atoms with E-state index in [9.17, 15) is 4.79 Å². The molecule has 2 N–H and O–H groups in total. The summed E-state index contributed by atoms with van der Waals surface area (Å²) in [6.07, 6.45) is 1.45. The molecule has 0 aromatic heterocycles. The zero-order valence-electron chi connectivity index (χ0n) is 11.1. The lowest BCUT2D eigenvalue weighted by atomic mass is 9.99. The second-order valence-electron chi connectivity index (χ2n) is 4.14. The van der Waals surface area contributed by atoms with Crippen LogP contribution in [0.2, 0.25) is 0 Å². The van der Waals surface area contributed by atoms with E-state index in [4.69, 9.17) is 14.6 Å². The van der Waals surface area contributed by atoms with Gasteiger partial charge in [0.15, 0.2) is 0 Å². The van der Waals surface area contributed by atoms with Crippen LogP contribution in [-0.2, 0) is 14.3 Å². The highest BCUT2D eigenvalue weighted by molar-refractivity contribution is 5.78. The van der Waals surface area contributed by atoms with Crippen molar-refractivity contribution < 1.29 is 19.4 Å². The van der Waals surface area contributed by atoms with Gasteiger partial charge in [-0.15, -0.1) is 0 Å². The smallest absolute Gasteiger partial charge is 0.323 e. The Morgan fingerprint density at radius 3 is 2.24 bits per heavy atom. The van der Waals surface area contributed by atoms with E-state index in [0.29, 0.717) is 32.8 Å². The molecule has 1 atom stereocenters. The van der Waals surface area contributed by atoms with Crippen molar-refractivity contribution in [2.75, 3.05) is 33.0 Å². The first-order valence-corrected chi connectivity index (χ1v) is 6.20. The van der Waals surface area contributed by atoms with Crippen molar-refractivity contribution in [1.82, 2.24) is 5.32 Å². The fourth-order valence-corrected chi connectivity index (χ4v) is 1.40. The summed E-state index contributed by atoms with van der Waals surface area (Å²) in [5.41, 5.74) is -0.904. The van der Waals surface area contributed by atoms with Crippen LogP contribution >= 0.6 is 0 Å². The third-order valence-corrected chi connectivity index (χ3v) is 2.51. The van der Waals surface area contributed by atoms with Crippen molar-refractivity contribution in [3.05, 3.63) is 0 Å². The molecular formula is C12H25NO4. The summed E-state index contributed by atoms with van der Waals surface area (Å²) in [5.74, 6) is -0.842. The number of hydrogen-bond acceptors (Lipinski definition) is 4. The number of carboxylic acid groups (broad SMARTS) is 1. The lowest BCUT2D eigenvalue weighted by molar-refractivity contribution is -0.145. The summed E-state index contributed by atoms with van der Waals surface area (Å²) >= 11 is 0. The predicted octanol–water partition coefficient (Wildman–Crippen LogP) is 1.27. The second kappa shape index (κ2) is 9.39. The highest BCUT2D eigenvalue weighted by Crippen LogP contribution is 2.09. The van der Waals surface area contributed by atoms with E-state index in [0.717, 1.165) is 13.0 Å². The van der Waals surface area contributed by atoms with Gasteiger partial charge in [0.2, 0.25) is 0 Å². The molecule has 0 aliphatic heterocycles. The molecular weight excluding hydrogens is 222 g/mol. The van der Waals surface area contributed by atoms with Gasteiger partial charge in [-0.3, -0.25) is 4.79 Å². The van der Waals surface area contributed by atoms with Crippen molar-refractivity contribution in [2.24, 2.45) is 0 Å². The van der Waals surface area contributed by atoms with Gasteiger partial charge < -0.3 is 19.9 Å². The molecule has 0 rings (SSSR count). The van der Waals surface area contributed by atoms with Crippen LogP contribution in [0.1, 0.15) is 33.6 Å². The fourth-order valence-electron chi connectivity index (χ4n) is 1.40. The summed E-state index contributed by atoms with van der Waals surface area (Å²) in [6.45, 7) is 8.49. The molecule has 17 heavy (non-hydrogen) atoms. The van der Waals surface area contributed by atoms with Crippen LogP contribution in [0.3, 0.4) is 0 Å². The predicted molar refractivity (Wildman–Crippen MR) is 66.3 cm³/mol. The number of ether oxygens (including phenoxy) is 2. The lowest BCUT2D eigenvalue weighted by Crippen LogP contribution is -2.50. The number of rotatable bonds is 11. The van der Waals surface area contributed by atoms with Crippen LogP contribution in [0.15, 0.2) is 0 Å². The van der Waals surface area contributed by atoms with Gasteiger partial charge in [-0.2, -0.15) is 0 Å². The molecule has 102 valence electrons. The van der Waals surface area contributed by atoms with Gasteiger partial charge in [-0.25, -0.2) is 0 Å². The van der Waals surface area contributed by atoms with E-state index in [2.05, 4.69) is 12.2 Å². The molecule has 0 spiro atoms. The first kappa shape index (κ1) is 16.4. The normalized spacial score (nSPS) is 14.5. The molecule has 0 radical (unpaired) electrons. The number of carbonyl (C=O) groups is 1. The van der Waals surface area contributed by atoms with Gasteiger partial charge >= 0.3 is 5.97 Å². The minimum atomic E-state index is -0.904. The highest BCUT2D eigenvalue weighted by Gasteiger charge is 2.31. The van der Waals surface area contributed by atoms with Crippen molar-refractivity contribution in [3.63, 3.8) is 0 Å². The Labute approximate surface area is 103 Å². The Bertz CT molecular complexity index is 211. The van der Waals surface area contributed by atoms with Gasteiger partial charge in [0.1, 0.15) is 5.54 Å². The summed E-state index contributed by atoms with van der Waals surface area (Å²) in [6, 6.07) is 0. The molecule has 0 bridgehead atoms. The number of aliphatic carboxylic acids is 1. The van der Waals surface area contributed by atoms with Crippen LogP contribution in [0.25, 0.3) is 0 Å². The topological polar surface area (TPSA) is 67.8 Å². The standard InChI is InChI=1S/C12H25NO4/c1-4-7-16-9-10-17-8-6-12(3,11(14)15)13-5-2/h13H,4-10H2,1-3H3,(H,14,15). The van der Waals surface area contributed by atoms with Gasteiger partial charge in [0, 0.05) is 13.2 Å². The molecule has 0 amide bonds. The SMILES string of the molecule is CCCOCCOCCC(C)(NCC)C(=O)O. The van der Waals surface area contributed by atoms with Crippen molar-refractivity contribution >= 4 is 5.97 Å². The Balaban J connectivity index is 3.65. The summed E-state index contributed by atoms with van der Waals surface area (Å²) < 4.78 is 10.6. The van der Waals surface area contributed by atoms with E-state index in [1.807, 2.05) is 6.92 Å². The van der Waals surface area contributed by atoms with Crippen molar-refractivity contribution in [2.45, 2.75) is 39.2 Å². The Morgan fingerprint density at radius 1 is 1.18 bits per heavy atom. The number of nitrogens with one attached hydrogen (secondary N) is 1. The number of hydrogen-bond donors (Lipinski definition) is 2. The molecule has 5 nitrogen and oxygen atoms in total. The maximum absolute atomic E-state index is 11.1. The minimum Gasteiger partial charge on any atom is -0.480 e. The minimum absolute atomic E-state index is 0.422.